The maximum Gasteiger partial charge on any atom is 0.272 e. The number of carbonyl (C=O) groups is 1. The summed E-state index contributed by atoms with van der Waals surface area (Å²) in [5, 5.41) is 11.0. The summed E-state index contributed by atoms with van der Waals surface area (Å²) in [5.74, 6) is -0.555. The smallest absolute Gasteiger partial charge is 0.272 e. The molecule has 7 nitrogen and oxygen atoms in total. The highest BCUT2D eigenvalue weighted by Crippen LogP contribution is 2.24. The molecule has 1 aromatic carbocycles. The third kappa shape index (κ3) is 5.50. The molecule has 8 heteroatoms. The van der Waals surface area contributed by atoms with E-state index in [2.05, 4.69) is 20.6 Å². The Bertz CT molecular complexity index is 894. The number of benzene rings is 1. The summed E-state index contributed by atoms with van der Waals surface area (Å²) in [5.41, 5.74) is 3.09. The van der Waals surface area contributed by atoms with Crippen molar-refractivity contribution in [3.8, 4) is 0 Å². The van der Waals surface area contributed by atoms with E-state index in [0.29, 0.717) is 17.3 Å². The number of ether oxygens (including phenoxy) is 1. The van der Waals surface area contributed by atoms with Crippen LogP contribution in [0.4, 0.5) is 4.39 Å². The molecule has 2 aromatic rings. The Morgan fingerprint density at radius 3 is 2.90 bits per heavy atom. The molecule has 1 atom stereocenters. The minimum atomic E-state index is -0.313. The number of aryl methyl sites for hydroxylation is 1. The van der Waals surface area contributed by atoms with Crippen molar-refractivity contribution in [3.63, 3.8) is 0 Å². The van der Waals surface area contributed by atoms with E-state index < -0.39 is 0 Å². The van der Waals surface area contributed by atoms with Crippen LogP contribution in [0.1, 0.15) is 40.2 Å². The third-order valence-electron chi connectivity index (χ3n) is 6.26. The van der Waals surface area contributed by atoms with Gasteiger partial charge in [-0.05, 0) is 44.8 Å². The summed E-state index contributed by atoms with van der Waals surface area (Å²) < 4.78 is 21.1. The minimum Gasteiger partial charge on any atom is -0.379 e. The summed E-state index contributed by atoms with van der Waals surface area (Å²) in [4.78, 5) is 15.3. The summed E-state index contributed by atoms with van der Waals surface area (Å²) in [6, 6.07) is 6.84. The number of halogens is 1. The largest absolute Gasteiger partial charge is 0.379 e. The number of morpholine rings is 1. The van der Waals surface area contributed by atoms with Gasteiger partial charge in [0.05, 0.1) is 13.2 Å². The zero-order valence-electron chi connectivity index (χ0n) is 18.2. The van der Waals surface area contributed by atoms with Crippen LogP contribution >= 0.6 is 0 Å². The van der Waals surface area contributed by atoms with Crippen LogP contribution in [0.5, 0.6) is 0 Å². The number of rotatable bonds is 8. The average molecular weight is 430 g/mol. The quantitative estimate of drug-likeness (QED) is 0.625. The lowest BCUT2D eigenvalue weighted by molar-refractivity contribution is 0.0373. The number of hydrogen-bond acceptors (Lipinski definition) is 5. The van der Waals surface area contributed by atoms with Gasteiger partial charge in [0.25, 0.3) is 5.91 Å². The van der Waals surface area contributed by atoms with Gasteiger partial charge in [0, 0.05) is 49.5 Å². The summed E-state index contributed by atoms with van der Waals surface area (Å²) >= 11 is 0. The van der Waals surface area contributed by atoms with Crippen molar-refractivity contribution in [1.29, 1.82) is 0 Å². The van der Waals surface area contributed by atoms with Crippen molar-refractivity contribution in [3.05, 3.63) is 52.6 Å². The lowest BCUT2D eigenvalue weighted by Gasteiger charge is -2.27. The van der Waals surface area contributed by atoms with Crippen molar-refractivity contribution < 1.29 is 13.9 Å². The maximum atomic E-state index is 13.8. The van der Waals surface area contributed by atoms with Crippen LogP contribution in [0.15, 0.2) is 24.3 Å². The van der Waals surface area contributed by atoms with Crippen LogP contribution in [-0.4, -0.2) is 66.0 Å². The van der Waals surface area contributed by atoms with E-state index in [4.69, 9.17) is 4.74 Å². The molecule has 1 aromatic heterocycles. The zero-order valence-corrected chi connectivity index (χ0v) is 18.2. The second-order valence-corrected chi connectivity index (χ2v) is 8.37. The highest BCUT2D eigenvalue weighted by molar-refractivity contribution is 5.94. The van der Waals surface area contributed by atoms with E-state index >= 15 is 0 Å². The molecule has 1 aliphatic carbocycles. The molecule has 1 unspecified atom stereocenters. The van der Waals surface area contributed by atoms with Crippen LogP contribution in [0, 0.1) is 5.82 Å². The van der Waals surface area contributed by atoms with Gasteiger partial charge < -0.3 is 15.4 Å². The molecule has 1 fully saturated rings. The molecule has 0 radical (unpaired) electrons. The van der Waals surface area contributed by atoms with E-state index in [1.165, 1.54) is 6.07 Å². The van der Waals surface area contributed by atoms with Crippen molar-refractivity contribution in [2.45, 2.75) is 38.3 Å². The Labute approximate surface area is 182 Å². The predicted molar refractivity (Wildman–Crippen MR) is 116 cm³/mol. The molecule has 1 aliphatic heterocycles. The fourth-order valence-corrected chi connectivity index (χ4v) is 4.48. The Morgan fingerprint density at radius 2 is 2.10 bits per heavy atom. The standard InChI is InChI=1S/C23H32FN5O2/c1-28-21-8-7-18(25-9-4-10-29-11-13-31-14-12-29)15-19(21)22(27-28)23(30)26-16-17-5-2-3-6-20(17)24/h2-3,5-6,18,25H,4,7-16H2,1H3,(H,26,30). The second-order valence-electron chi connectivity index (χ2n) is 8.37. The number of carbonyl (C=O) groups excluding carboxylic acids is 1. The molecule has 31 heavy (non-hydrogen) atoms. The van der Waals surface area contributed by atoms with Gasteiger partial charge in [-0.3, -0.25) is 14.4 Å². The first-order valence-electron chi connectivity index (χ1n) is 11.2. The fourth-order valence-electron chi connectivity index (χ4n) is 4.48. The molecular weight excluding hydrogens is 397 g/mol. The fraction of sp³-hybridized carbons (Fsp3) is 0.565. The highest BCUT2D eigenvalue weighted by atomic mass is 19.1. The molecule has 2 N–H and O–H groups in total. The number of nitrogens with one attached hydrogen (secondary N) is 2. The van der Waals surface area contributed by atoms with E-state index in [9.17, 15) is 9.18 Å². The Morgan fingerprint density at radius 1 is 1.29 bits per heavy atom. The van der Waals surface area contributed by atoms with Gasteiger partial charge in [-0.15, -0.1) is 0 Å². The number of hydrogen-bond donors (Lipinski definition) is 2. The molecule has 0 bridgehead atoms. The van der Waals surface area contributed by atoms with Crippen LogP contribution < -0.4 is 10.6 Å². The Kier molecular flexibility index (Phi) is 7.32. The topological polar surface area (TPSA) is 71.4 Å². The number of fused-ring (bicyclic) bond motifs is 1. The van der Waals surface area contributed by atoms with Crippen LogP contribution in [0.2, 0.25) is 0 Å². The third-order valence-corrected chi connectivity index (χ3v) is 6.26. The molecule has 1 saturated heterocycles. The zero-order chi connectivity index (χ0) is 21.6. The van der Waals surface area contributed by atoms with E-state index in [1.807, 2.05) is 11.7 Å². The molecule has 0 spiro atoms. The van der Waals surface area contributed by atoms with Gasteiger partial charge in [0.1, 0.15) is 5.82 Å². The van der Waals surface area contributed by atoms with Crippen LogP contribution in [0.3, 0.4) is 0 Å². The molecule has 2 heterocycles. The van der Waals surface area contributed by atoms with Gasteiger partial charge in [-0.25, -0.2) is 4.39 Å². The van der Waals surface area contributed by atoms with Crippen LogP contribution in [0.25, 0.3) is 0 Å². The van der Waals surface area contributed by atoms with E-state index in [0.717, 1.165) is 76.3 Å². The summed E-state index contributed by atoms with van der Waals surface area (Å²) in [6.45, 7) is 5.92. The number of amides is 1. The molecular formula is C23H32FN5O2. The number of nitrogens with zero attached hydrogens (tertiary/aromatic N) is 3. The predicted octanol–water partition coefficient (Wildman–Crippen LogP) is 1.66. The van der Waals surface area contributed by atoms with Gasteiger partial charge in [-0.2, -0.15) is 5.10 Å². The lowest BCUT2D eigenvalue weighted by Crippen LogP contribution is -2.40. The minimum absolute atomic E-state index is 0.153. The monoisotopic (exact) mass is 429 g/mol. The normalized spacial score (nSPS) is 19.2. The van der Waals surface area contributed by atoms with Gasteiger partial charge in [-0.1, -0.05) is 18.2 Å². The summed E-state index contributed by atoms with van der Waals surface area (Å²) in [7, 11) is 1.89. The molecule has 0 saturated carbocycles. The first-order valence-corrected chi connectivity index (χ1v) is 11.2. The van der Waals surface area contributed by atoms with Crippen molar-refractivity contribution in [1.82, 2.24) is 25.3 Å². The van der Waals surface area contributed by atoms with Gasteiger partial charge in [0.15, 0.2) is 5.69 Å². The van der Waals surface area contributed by atoms with Crippen LogP contribution in [-0.2, 0) is 31.2 Å². The molecule has 1 amide bonds. The summed E-state index contributed by atoms with van der Waals surface area (Å²) in [6.07, 6.45) is 3.84. The molecule has 168 valence electrons. The first-order chi connectivity index (χ1) is 15.1. The van der Waals surface area contributed by atoms with E-state index in [-0.39, 0.29) is 18.3 Å². The SMILES string of the molecule is Cn1nc(C(=O)NCc2ccccc2F)c2c1CCC(NCCCN1CCOCC1)C2. The molecule has 2 aliphatic rings. The second kappa shape index (κ2) is 10.3. The maximum absolute atomic E-state index is 13.8. The number of aromatic nitrogens is 2. The molecule has 4 rings (SSSR count). The average Bonchev–Trinajstić information content (AvgIpc) is 3.13. The van der Waals surface area contributed by atoms with Crippen molar-refractivity contribution >= 4 is 5.91 Å². The lowest BCUT2D eigenvalue weighted by atomic mass is 9.91. The van der Waals surface area contributed by atoms with Crippen molar-refractivity contribution in [2.24, 2.45) is 7.05 Å². The first kappa shape index (κ1) is 21.9. The van der Waals surface area contributed by atoms with Crippen molar-refractivity contribution in [2.75, 3.05) is 39.4 Å². The Hall–Kier alpha value is -2.29. The van der Waals surface area contributed by atoms with Gasteiger partial charge >= 0.3 is 0 Å². The Balaban J connectivity index is 1.30. The van der Waals surface area contributed by atoms with Gasteiger partial charge in [0.2, 0.25) is 0 Å². The van der Waals surface area contributed by atoms with E-state index in [1.54, 1.807) is 18.2 Å². The highest BCUT2D eigenvalue weighted by Gasteiger charge is 2.28.